The molecule has 27 heavy (non-hydrogen) atoms. The van der Waals surface area contributed by atoms with Crippen molar-refractivity contribution < 1.29 is 9.53 Å². The zero-order valence-corrected chi connectivity index (χ0v) is 18.1. The lowest BCUT2D eigenvalue weighted by Crippen LogP contribution is -2.58. The summed E-state index contributed by atoms with van der Waals surface area (Å²) in [4.78, 5) is 14.4. The Hall–Kier alpha value is -1.45. The first-order valence-electron chi connectivity index (χ1n) is 10.4. The highest BCUT2D eigenvalue weighted by Gasteiger charge is 2.76. The predicted molar refractivity (Wildman–Crippen MR) is 111 cm³/mol. The van der Waals surface area contributed by atoms with E-state index in [1.165, 1.54) is 21.9 Å². The van der Waals surface area contributed by atoms with Gasteiger partial charge in [-0.15, -0.1) is 0 Å². The molecular weight excluding hydrogens is 348 g/mol. The van der Waals surface area contributed by atoms with Gasteiger partial charge in [0.05, 0.1) is 26.2 Å². The Labute approximate surface area is 163 Å². The number of hydrogen-bond acceptors (Lipinski definition) is 2. The number of aryl methyl sites for hydroxylation is 1. The van der Waals surface area contributed by atoms with Gasteiger partial charge >= 0.3 is 0 Å². The Balaban J connectivity index is 1.89. The van der Waals surface area contributed by atoms with Gasteiger partial charge in [0.2, 0.25) is 0 Å². The van der Waals surface area contributed by atoms with Crippen LogP contribution in [0.5, 0.6) is 0 Å². The molecule has 0 N–H and O–H groups in total. The minimum absolute atomic E-state index is 0.150. The van der Waals surface area contributed by atoms with Gasteiger partial charge in [0.25, 0.3) is 0 Å². The van der Waals surface area contributed by atoms with Gasteiger partial charge in [0.15, 0.2) is 5.78 Å². The maximum absolute atomic E-state index is 14.4. The van der Waals surface area contributed by atoms with Crippen LogP contribution in [0.25, 0.3) is 0 Å². The van der Waals surface area contributed by atoms with Crippen LogP contribution in [-0.2, 0) is 14.9 Å². The van der Waals surface area contributed by atoms with Gasteiger partial charge in [-0.05, 0) is 36.4 Å². The summed E-state index contributed by atoms with van der Waals surface area (Å²) in [6.45, 7) is 12.2. The van der Waals surface area contributed by atoms with Crippen LogP contribution in [0, 0.1) is 24.2 Å². The molecule has 1 aromatic carbocycles. The lowest BCUT2D eigenvalue weighted by Gasteiger charge is -2.52. The fourth-order valence-electron chi connectivity index (χ4n) is 7.05. The summed E-state index contributed by atoms with van der Waals surface area (Å²) in [5.41, 5.74) is 3.31. The third kappa shape index (κ3) is 1.83. The second-order valence-electron chi connectivity index (χ2n) is 10.1. The first-order chi connectivity index (χ1) is 12.8. The number of ether oxygens (including phenoxy) is 1. The topological polar surface area (TPSA) is 26.3 Å². The first-order valence-corrected chi connectivity index (χ1v) is 13.9. The molecule has 0 radical (unpaired) electrons. The first kappa shape index (κ1) is 17.6. The summed E-state index contributed by atoms with van der Waals surface area (Å²) in [5, 5.41) is 1.23. The van der Waals surface area contributed by atoms with Gasteiger partial charge in [0.1, 0.15) is 0 Å². The number of carbonyl (C=O) groups excluding carboxylic acids is 1. The van der Waals surface area contributed by atoms with Crippen molar-refractivity contribution in [1.29, 1.82) is 0 Å². The summed E-state index contributed by atoms with van der Waals surface area (Å²) < 4.78 is 6.40. The van der Waals surface area contributed by atoms with Crippen LogP contribution in [0.15, 0.2) is 47.2 Å². The van der Waals surface area contributed by atoms with Gasteiger partial charge in [-0.3, -0.25) is 4.79 Å². The molecular formula is C24H30O2Si. The van der Waals surface area contributed by atoms with Crippen molar-refractivity contribution in [1.82, 2.24) is 0 Å². The van der Waals surface area contributed by atoms with Crippen molar-refractivity contribution in [3.63, 3.8) is 0 Å². The molecule has 3 unspecified atom stereocenters. The quantitative estimate of drug-likeness (QED) is 0.535. The van der Waals surface area contributed by atoms with Gasteiger partial charge in [0, 0.05) is 11.3 Å². The van der Waals surface area contributed by atoms with E-state index in [1.807, 2.05) is 0 Å². The number of allylic oxidation sites excluding steroid dienone is 2. The molecule has 2 nitrogen and oxygen atoms in total. The molecule has 1 saturated heterocycles. The molecule has 0 amide bonds. The molecule has 4 aliphatic rings. The van der Waals surface area contributed by atoms with E-state index in [2.05, 4.69) is 69.9 Å². The molecule has 1 aliphatic heterocycles. The van der Waals surface area contributed by atoms with E-state index in [4.69, 9.17) is 4.74 Å². The van der Waals surface area contributed by atoms with Crippen LogP contribution < -0.4 is 0 Å². The highest BCUT2D eigenvalue weighted by Crippen LogP contribution is 2.73. The van der Waals surface area contributed by atoms with E-state index in [-0.39, 0.29) is 17.4 Å². The van der Waals surface area contributed by atoms with E-state index < -0.39 is 13.5 Å². The normalized spacial score (nSPS) is 39.9. The van der Waals surface area contributed by atoms with Gasteiger partial charge in [-0.2, -0.15) is 0 Å². The second-order valence-corrected chi connectivity index (χ2v) is 15.1. The summed E-state index contributed by atoms with van der Waals surface area (Å²) >= 11 is 0. The van der Waals surface area contributed by atoms with Gasteiger partial charge < -0.3 is 4.74 Å². The Morgan fingerprint density at radius 1 is 1.11 bits per heavy atom. The number of benzene rings is 1. The Kier molecular flexibility index (Phi) is 3.48. The number of Topliss-reactive ketones (excluding diaryl/α,β-unsaturated/α-hetero) is 1. The minimum Gasteiger partial charge on any atom is -0.377 e. The van der Waals surface area contributed by atoms with E-state index in [0.717, 1.165) is 19.4 Å². The van der Waals surface area contributed by atoms with Crippen molar-refractivity contribution >= 4 is 13.9 Å². The maximum Gasteiger partial charge on any atom is 0.167 e. The molecule has 3 aliphatic carbocycles. The Morgan fingerprint density at radius 3 is 2.48 bits per heavy atom. The number of carbonyl (C=O) groups is 1. The average Bonchev–Trinajstić information content (AvgIpc) is 3.20. The van der Waals surface area contributed by atoms with Crippen molar-refractivity contribution in [2.45, 2.75) is 57.8 Å². The Bertz CT molecular complexity index is 888. The minimum atomic E-state index is -1.77. The predicted octanol–water partition coefficient (Wildman–Crippen LogP) is 4.99. The van der Waals surface area contributed by atoms with Crippen molar-refractivity contribution in [3.05, 3.63) is 58.3 Å². The third-order valence-electron chi connectivity index (χ3n) is 7.84. The summed E-state index contributed by atoms with van der Waals surface area (Å²) in [6.07, 6.45) is 6.98. The summed E-state index contributed by atoms with van der Waals surface area (Å²) in [7, 11) is -1.77. The fourth-order valence-corrected chi connectivity index (χ4v) is 9.17. The molecule has 1 saturated carbocycles. The van der Waals surface area contributed by atoms with Crippen LogP contribution in [0.4, 0.5) is 0 Å². The third-order valence-corrected chi connectivity index (χ3v) is 9.87. The number of ketones is 1. The van der Waals surface area contributed by atoms with E-state index in [0.29, 0.717) is 11.7 Å². The zero-order chi connectivity index (χ0) is 19.2. The van der Waals surface area contributed by atoms with Crippen LogP contribution in [0.3, 0.4) is 0 Å². The summed E-state index contributed by atoms with van der Waals surface area (Å²) in [5.74, 6) is 0.947. The molecule has 1 heterocycles. The lowest BCUT2D eigenvalue weighted by atomic mass is 9.47. The van der Waals surface area contributed by atoms with Crippen molar-refractivity contribution in [2.24, 2.45) is 17.3 Å². The van der Waals surface area contributed by atoms with E-state index >= 15 is 0 Å². The van der Waals surface area contributed by atoms with Crippen molar-refractivity contribution in [2.75, 3.05) is 6.61 Å². The lowest BCUT2D eigenvalue weighted by molar-refractivity contribution is -0.126. The average molecular weight is 379 g/mol. The Morgan fingerprint density at radius 2 is 1.81 bits per heavy atom. The number of rotatable bonds is 2. The zero-order valence-electron chi connectivity index (χ0n) is 17.1. The monoisotopic (exact) mass is 378 g/mol. The number of hydrogen-bond donors (Lipinski definition) is 0. The summed E-state index contributed by atoms with van der Waals surface area (Å²) in [6, 6.07) is 8.82. The standard InChI is InChI=1S/C24H30O2Si/c1-15-6-9-17(10-7-15)23-16(2)8-11-18-14-26-20-13-12-19(24(18,20)23)21(22(23)25)27(3,4)5/h6-11,16,18,20H,12-14H2,1-5H3/t16-,18?,20?,23-,24?/m1/s1. The highest BCUT2D eigenvalue weighted by atomic mass is 28.3. The van der Waals surface area contributed by atoms with Crippen LogP contribution in [0.2, 0.25) is 19.6 Å². The molecule has 142 valence electrons. The fraction of sp³-hybridized carbons (Fsp3) is 0.542. The van der Waals surface area contributed by atoms with Crippen LogP contribution in [-0.4, -0.2) is 26.6 Å². The molecule has 5 atom stereocenters. The smallest absolute Gasteiger partial charge is 0.167 e. The second kappa shape index (κ2) is 5.33. The van der Waals surface area contributed by atoms with E-state index in [1.54, 1.807) is 0 Å². The van der Waals surface area contributed by atoms with E-state index in [9.17, 15) is 4.79 Å². The van der Waals surface area contributed by atoms with Gasteiger partial charge in [-0.25, -0.2) is 0 Å². The SMILES string of the molecule is Cc1ccc([C@@]23C(=O)C([Si](C)(C)C)=C4CCC5OCC(C=C[C@H]2C)C453)cc1. The largest absolute Gasteiger partial charge is 0.377 e. The molecule has 0 bridgehead atoms. The molecule has 5 rings (SSSR count). The molecule has 3 heteroatoms. The van der Waals surface area contributed by atoms with Crippen LogP contribution >= 0.6 is 0 Å². The molecule has 1 aromatic rings. The molecule has 1 spiro atoms. The molecule has 2 fully saturated rings. The van der Waals surface area contributed by atoms with Crippen molar-refractivity contribution in [3.8, 4) is 0 Å². The van der Waals surface area contributed by atoms with Crippen LogP contribution in [0.1, 0.15) is 30.9 Å². The molecule has 0 aromatic heterocycles. The maximum atomic E-state index is 14.4. The van der Waals surface area contributed by atoms with Gasteiger partial charge in [-0.1, -0.05) is 74.1 Å². The highest BCUT2D eigenvalue weighted by molar-refractivity contribution is 6.88.